The molecule has 96 valence electrons. The second-order valence-corrected chi connectivity index (χ2v) is 5.85. The molecular weight excluding hydrogens is 292 g/mol. The van der Waals surface area contributed by atoms with Crippen LogP contribution in [-0.2, 0) is 6.42 Å². The lowest BCUT2D eigenvalue weighted by Crippen LogP contribution is -1.99. The Balaban J connectivity index is 2.53. The minimum absolute atomic E-state index is 0.498. The Hall–Kier alpha value is -1.29. The molecule has 1 aromatic heterocycles. The highest BCUT2D eigenvalue weighted by Gasteiger charge is 2.18. The van der Waals surface area contributed by atoms with Crippen molar-refractivity contribution in [2.45, 2.75) is 27.2 Å². The van der Waals surface area contributed by atoms with Crippen molar-refractivity contribution < 1.29 is 4.52 Å². The third kappa shape index (κ3) is 2.58. The van der Waals surface area contributed by atoms with Gasteiger partial charge in [0.1, 0.15) is 0 Å². The third-order valence-electron chi connectivity index (χ3n) is 2.88. The molecule has 0 unspecified atom stereocenters. The standard InChI is InChI=1S/C14H17BrN2O/c1-8(2)6-12-13(18-17-14(12)16)11-7-10(15)5-4-9(11)3/h4-5,7-8H,6H2,1-3H3,(H2,16,17). The van der Waals surface area contributed by atoms with Crippen molar-refractivity contribution in [1.29, 1.82) is 0 Å². The predicted molar refractivity (Wildman–Crippen MR) is 77.3 cm³/mol. The van der Waals surface area contributed by atoms with Gasteiger partial charge < -0.3 is 10.3 Å². The van der Waals surface area contributed by atoms with Crippen molar-refractivity contribution >= 4 is 21.7 Å². The zero-order valence-corrected chi connectivity index (χ0v) is 12.4. The molecule has 0 amide bonds. The van der Waals surface area contributed by atoms with Gasteiger partial charge in [0.05, 0.1) is 0 Å². The van der Waals surface area contributed by atoms with Gasteiger partial charge in [-0.15, -0.1) is 0 Å². The summed E-state index contributed by atoms with van der Waals surface area (Å²) < 4.78 is 6.44. The topological polar surface area (TPSA) is 52.0 Å². The van der Waals surface area contributed by atoms with Gasteiger partial charge >= 0.3 is 0 Å². The third-order valence-corrected chi connectivity index (χ3v) is 3.37. The molecule has 1 aromatic carbocycles. The molecule has 2 aromatic rings. The van der Waals surface area contributed by atoms with Gasteiger partial charge in [0.25, 0.3) is 0 Å². The van der Waals surface area contributed by atoms with Crippen molar-refractivity contribution in [3.05, 3.63) is 33.8 Å². The normalized spacial score (nSPS) is 11.2. The van der Waals surface area contributed by atoms with E-state index in [1.807, 2.05) is 12.1 Å². The Kier molecular flexibility index (Phi) is 3.76. The lowest BCUT2D eigenvalue weighted by atomic mass is 9.97. The van der Waals surface area contributed by atoms with E-state index >= 15 is 0 Å². The summed E-state index contributed by atoms with van der Waals surface area (Å²) in [6.07, 6.45) is 0.872. The van der Waals surface area contributed by atoms with Crippen LogP contribution in [0.1, 0.15) is 25.0 Å². The number of aromatic nitrogens is 1. The fourth-order valence-electron chi connectivity index (χ4n) is 1.98. The molecule has 0 bridgehead atoms. The number of nitrogens with two attached hydrogens (primary N) is 1. The van der Waals surface area contributed by atoms with Gasteiger partial charge in [-0.1, -0.05) is 41.0 Å². The Bertz CT molecular complexity index is 561. The first-order valence-corrected chi connectivity index (χ1v) is 6.79. The maximum atomic E-state index is 5.90. The highest BCUT2D eigenvalue weighted by Crippen LogP contribution is 2.33. The summed E-state index contributed by atoms with van der Waals surface area (Å²) in [4.78, 5) is 0. The van der Waals surface area contributed by atoms with E-state index in [-0.39, 0.29) is 0 Å². The van der Waals surface area contributed by atoms with Gasteiger partial charge in [-0.2, -0.15) is 0 Å². The fraction of sp³-hybridized carbons (Fsp3) is 0.357. The number of nitrogens with zero attached hydrogens (tertiary/aromatic N) is 1. The largest absolute Gasteiger partial charge is 0.381 e. The number of hydrogen-bond donors (Lipinski definition) is 1. The van der Waals surface area contributed by atoms with Gasteiger partial charge in [0.15, 0.2) is 11.6 Å². The molecule has 0 aliphatic heterocycles. The number of rotatable bonds is 3. The molecule has 0 saturated heterocycles. The predicted octanol–water partition coefficient (Wildman–Crippen LogP) is 4.19. The SMILES string of the molecule is Cc1ccc(Br)cc1-c1onc(N)c1CC(C)C. The van der Waals surface area contributed by atoms with Crippen molar-refractivity contribution in [3.63, 3.8) is 0 Å². The Morgan fingerprint density at radius 2 is 2.11 bits per heavy atom. The van der Waals surface area contributed by atoms with Crippen LogP contribution in [0.5, 0.6) is 0 Å². The summed E-state index contributed by atoms with van der Waals surface area (Å²) in [7, 11) is 0. The molecule has 0 fully saturated rings. The van der Waals surface area contributed by atoms with Crippen molar-refractivity contribution in [3.8, 4) is 11.3 Å². The molecule has 4 heteroatoms. The molecule has 1 heterocycles. The van der Waals surface area contributed by atoms with Crippen molar-refractivity contribution in [1.82, 2.24) is 5.16 Å². The quantitative estimate of drug-likeness (QED) is 0.924. The van der Waals surface area contributed by atoms with E-state index < -0.39 is 0 Å². The van der Waals surface area contributed by atoms with Gasteiger partial charge in [-0.05, 0) is 37.0 Å². The van der Waals surface area contributed by atoms with E-state index in [4.69, 9.17) is 10.3 Å². The molecule has 3 nitrogen and oxygen atoms in total. The zero-order valence-electron chi connectivity index (χ0n) is 10.8. The first-order chi connectivity index (χ1) is 8.49. The number of hydrogen-bond acceptors (Lipinski definition) is 3. The first-order valence-electron chi connectivity index (χ1n) is 5.99. The Morgan fingerprint density at radius 3 is 2.78 bits per heavy atom. The van der Waals surface area contributed by atoms with E-state index in [0.717, 1.165) is 33.3 Å². The molecule has 0 atom stereocenters. The van der Waals surface area contributed by atoms with Crippen LogP contribution in [0.2, 0.25) is 0 Å². The summed E-state index contributed by atoms with van der Waals surface area (Å²) >= 11 is 3.48. The number of nitrogen functional groups attached to an aromatic ring is 1. The van der Waals surface area contributed by atoms with Crippen molar-refractivity contribution in [2.75, 3.05) is 5.73 Å². The number of anilines is 1. The van der Waals surface area contributed by atoms with Crippen LogP contribution < -0.4 is 5.73 Å². The molecule has 2 N–H and O–H groups in total. The summed E-state index contributed by atoms with van der Waals surface area (Å²) in [6.45, 7) is 6.37. The molecule has 0 aliphatic rings. The highest BCUT2D eigenvalue weighted by molar-refractivity contribution is 9.10. The minimum Gasteiger partial charge on any atom is -0.381 e. The summed E-state index contributed by atoms with van der Waals surface area (Å²) in [5, 5.41) is 3.90. The van der Waals surface area contributed by atoms with Gasteiger partial charge in [-0.25, -0.2) is 0 Å². The van der Waals surface area contributed by atoms with Crippen LogP contribution in [0, 0.1) is 12.8 Å². The molecule has 0 spiro atoms. The van der Waals surface area contributed by atoms with Gasteiger partial charge in [0, 0.05) is 15.6 Å². The van der Waals surface area contributed by atoms with Crippen LogP contribution in [0.15, 0.2) is 27.2 Å². The minimum atomic E-state index is 0.498. The number of benzene rings is 1. The molecular formula is C14H17BrN2O. The lowest BCUT2D eigenvalue weighted by molar-refractivity contribution is 0.434. The zero-order chi connectivity index (χ0) is 13.3. The second-order valence-electron chi connectivity index (χ2n) is 4.93. The van der Waals surface area contributed by atoms with Crippen LogP contribution in [0.3, 0.4) is 0 Å². The van der Waals surface area contributed by atoms with Crippen molar-refractivity contribution in [2.24, 2.45) is 5.92 Å². The molecule has 0 saturated carbocycles. The van der Waals surface area contributed by atoms with Crippen LogP contribution >= 0.6 is 15.9 Å². The maximum Gasteiger partial charge on any atom is 0.172 e. The average Bonchev–Trinajstić information content (AvgIpc) is 2.64. The van der Waals surface area contributed by atoms with E-state index in [2.05, 4.69) is 47.9 Å². The molecule has 2 rings (SSSR count). The summed E-state index contributed by atoms with van der Waals surface area (Å²) in [5.74, 6) is 1.80. The van der Waals surface area contributed by atoms with Crippen LogP contribution in [-0.4, -0.2) is 5.16 Å². The molecule has 18 heavy (non-hydrogen) atoms. The maximum absolute atomic E-state index is 5.90. The fourth-order valence-corrected chi connectivity index (χ4v) is 2.34. The van der Waals surface area contributed by atoms with E-state index in [0.29, 0.717) is 11.7 Å². The molecule has 0 radical (unpaired) electrons. The summed E-state index contributed by atoms with van der Waals surface area (Å²) in [6, 6.07) is 6.11. The number of halogens is 1. The van der Waals surface area contributed by atoms with Crippen LogP contribution in [0.25, 0.3) is 11.3 Å². The monoisotopic (exact) mass is 308 g/mol. The Labute approximate surface area is 115 Å². The Morgan fingerprint density at radius 1 is 1.39 bits per heavy atom. The first kappa shape index (κ1) is 13.1. The molecule has 0 aliphatic carbocycles. The van der Waals surface area contributed by atoms with E-state index in [9.17, 15) is 0 Å². The van der Waals surface area contributed by atoms with E-state index in [1.54, 1.807) is 0 Å². The lowest BCUT2D eigenvalue weighted by Gasteiger charge is -2.07. The second kappa shape index (κ2) is 5.14. The van der Waals surface area contributed by atoms with Crippen LogP contribution in [0.4, 0.5) is 5.82 Å². The highest BCUT2D eigenvalue weighted by atomic mass is 79.9. The van der Waals surface area contributed by atoms with Gasteiger partial charge in [-0.3, -0.25) is 0 Å². The van der Waals surface area contributed by atoms with Gasteiger partial charge in [0.2, 0.25) is 0 Å². The average molecular weight is 309 g/mol. The number of aryl methyl sites for hydroxylation is 1. The van der Waals surface area contributed by atoms with E-state index in [1.165, 1.54) is 0 Å². The summed E-state index contributed by atoms with van der Waals surface area (Å²) in [5.41, 5.74) is 9.10. The smallest absolute Gasteiger partial charge is 0.172 e.